The average Bonchev–Trinajstić information content (AvgIpc) is 3.19. The van der Waals surface area contributed by atoms with Crippen LogP contribution < -0.4 is 0 Å². The molecule has 0 aliphatic carbocycles. The Morgan fingerprint density at radius 1 is 0.848 bits per heavy atom. The number of hydrogen-bond donors (Lipinski definition) is 0. The molecule has 1 aliphatic rings. The zero-order chi connectivity index (χ0) is 23.7. The van der Waals surface area contributed by atoms with Crippen LogP contribution in [0.15, 0.2) is 30.3 Å². The molecule has 0 spiro atoms. The minimum absolute atomic E-state index is 0.0956. The van der Waals surface area contributed by atoms with E-state index >= 15 is 0 Å². The molecule has 0 amide bonds. The SMILES string of the molecule is CCOC(=O)CCCC1CN(CCCCOCc2ccccc2)CC1CCCC(=O)OCC. The van der Waals surface area contributed by atoms with E-state index in [-0.39, 0.29) is 11.9 Å². The normalized spacial score (nSPS) is 18.4. The smallest absolute Gasteiger partial charge is 0.305 e. The zero-order valence-electron chi connectivity index (χ0n) is 20.6. The van der Waals surface area contributed by atoms with Crippen LogP contribution in [0.4, 0.5) is 0 Å². The molecule has 2 rings (SSSR count). The number of carbonyl (C=O) groups is 2. The van der Waals surface area contributed by atoms with E-state index in [2.05, 4.69) is 17.0 Å². The van der Waals surface area contributed by atoms with Gasteiger partial charge in [-0.05, 0) is 76.3 Å². The molecule has 1 fully saturated rings. The van der Waals surface area contributed by atoms with Crippen LogP contribution in [0.1, 0.15) is 70.8 Å². The van der Waals surface area contributed by atoms with E-state index in [1.54, 1.807) is 0 Å². The lowest BCUT2D eigenvalue weighted by Gasteiger charge is -2.18. The first-order chi connectivity index (χ1) is 16.1. The Morgan fingerprint density at radius 3 is 1.97 bits per heavy atom. The van der Waals surface area contributed by atoms with Gasteiger partial charge in [-0.1, -0.05) is 30.3 Å². The van der Waals surface area contributed by atoms with Crippen LogP contribution in [-0.2, 0) is 30.4 Å². The molecule has 6 heteroatoms. The summed E-state index contributed by atoms with van der Waals surface area (Å²) in [6, 6.07) is 10.3. The summed E-state index contributed by atoms with van der Waals surface area (Å²) in [6.07, 6.45) is 7.01. The minimum atomic E-state index is -0.0956. The van der Waals surface area contributed by atoms with Crippen molar-refractivity contribution in [2.75, 3.05) is 39.5 Å². The molecule has 1 aromatic rings. The number of hydrogen-bond acceptors (Lipinski definition) is 6. The predicted molar refractivity (Wildman–Crippen MR) is 130 cm³/mol. The largest absolute Gasteiger partial charge is 0.466 e. The van der Waals surface area contributed by atoms with Crippen molar-refractivity contribution in [1.82, 2.24) is 4.90 Å². The number of carbonyl (C=O) groups excluding carboxylic acids is 2. The van der Waals surface area contributed by atoms with Crippen LogP contribution in [0.3, 0.4) is 0 Å². The van der Waals surface area contributed by atoms with E-state index < -0.39 is 0 Å². The molecule has 0 bridgehead atoms. The second kappa shape index (κ2) is 16.7. The maximum Gasteiger partial charge on any atom is 0.305 e. The monoisotopic (exact) mass is 461 g/mol. The molecule has 186 valence electrons. The highest BCUT2D eigenvalue weighted by Crippen LogP contribution is 2.32. The van der Waals surface area contributed by atoms with Gasteiger partial charge in [-0.3, -0.25) is 9.59 Å². The lowest BCUT2D eigenvalue weighted by molar-refractivity contribution is -0.144. The van der Waals surface area contributed by atoms with Gasteiger partial charge < -0.3 is 19.1 Å². The highest BCUT2D eigenvalue weighted by Gasteiger charge is 2.31. The Balaban J connectivity index is 1.68. The van der Waals surface area contributed by atoms with E-state index in [0.717, 1.165) is 64.8 Å². The lowest BCUT2D eigenvalue weighted by atomic mass is 9.87. The molecule has 0 aromatic heterocycles. The number of likely N-dealkylation sites (tertiary alicyclic amines) is 1. The van der Waals surface area contributed by atoms with Gasteiger partial charge in [0.15, 0.2) is 0 Å². The van der Waals surface area contributed by atoms with Gasteiger partial charge in [0.25, 0.3) is 0 Å². The van der Waals surface area contributed by atoms with E-state index in [9.17, 15) is 9.59 Å². The van der Waals surface area contributed by atoms with Gasteiger partial charge in [-0.2, -0.15) is 0 Å². The molecule has 1 aliphatic heterocycles. The second-order valence-corrected chi connectivity index (χ2v) is 8.92. The highest BCUT2D eigenvalue weighted by atomic mass is 16.5. The number of unbranched alkanes of at least 4 members (excludes halogenated alkanes) is 1. The molecule has 1 aromatic carbocycles. The van der Waals surface area contributed by atoms with Crippen molar-refractivity contribution in [3.63, 3.8) is 0 Å². The molecule has 1 saturated heterocycles. The fourth-order valence-electron chi connectivity index (χ4n) is 4.66. The number of rotatable bonds is 17. The number of benzene rings is 1. The van der Waals surface area contributed by atoms with E-state index in [1.165, 1.54) is 5.56 Å². The Morgan fingerprint density at radius 2 is 1.42 bits per heavy atom. The van der Waals surface area contributed by atoms with Gasteiger partial charge in [0.1, 0.15) is 0 Å². The third kappa shape index (κ3) is 11.7. The average molecular weight is 462 g/mol. The van der Waals surface area contributed by atoms with Gasteiger partial charge in [0.2, 0.25) is 0 Å². The van der Waals surface area contributed by atoms with E-state index in [0.29, 0.717) is 44.5 Å². The summed E-state index contributed by atoms with van der Waals surface area (Å²) >= 11 is 0. The minimum Gasteiger partial charge on any atom is -0.466 e. The Hall–Kier alpha value is -1.92. The quantitative estimate of drug-likeness (QED) is 0.240. The van der Waals surface area contributed by atoms with Gasteiger partial charge in [0, 0.05) is 32.5 Å². The number of nitrogens with zero attached hydrogens (tertiary/aromatic N) is 1. The van der Waals surface area contributed by atoms with Gasteiger partial charge in [-0.15, -0.1) is 0 Å². The summed E-state index contributed by atoms with van der Waals surface area (Å²) < 4.78 is 16.0. The Kier molecular flexibility index (Phi) is 13.8. The fourth-order valence-corrected chi connectivity index (χ4v) is 4.66. The van der Waals surface area contributed by atoms with Crippen molar-refractivity contribution >= 4 is 11.9 Å². The molecular weight excluding hydrogens is 418 g/mol. The molecular formula is C27H43NO5. The topological polar surface area (TPSA) is 65.1 Å². The third-order valence-corrected chi connectivity index (χ3v) is 6.30. The Labute approximate surface area is 200 Å². The molecule has 0 radical (unpaired) electrons. The van der Waals surface area contributed by atoms with Crippen molar-refractivity contribution < 1.29 is 23.8 Å². The van der Waals surface area contributed by atoms with Crippen LogP contribution in [0.5, 0.6) is 0 Å². The van der Waals surface area contributed by atoms with Crippen molar-refractivity contribution in [2.45, 2.75) is 71.8 Å². The first kappa shape index (κ1) is 27.3. The van der Waals surface area contributed by atoms with Gasteiger partial charge in [-0.25, -0.2) is 0 Å². The number of ether oxygens (including phenoxy) is 3. The predicted octanol–water partition coefficient (Wildman–Crippen LogP) is 5.00. The Bertz CT molecular complexity index is 634. The van der Waals surface area contributed by atoms with E-state index in [4.69, 9.17) is 14.2 Å². The summed E-state index contributed by atoms with van der Waals surface area (Å²) in [5.41, 5.74) is 1.22. The van der Waals surface area contributed by atoms with Crippen LogP contribution in [0.25, 0.3) is 0 Å². The van der Waals surface area contributed by atoms with Crippen LogP contribution in [0, 0.1) is 11.8 Å². The van der Waals surface area contributed by atoms with Crippen molar-refractivity contribution in [3.8, 4) is 0 Å². The summed E-state index contributed by atoms with van der Waals surface area (Å²) in [7, 11) is 0. The molecule has 6 nitrogen and oxygen atoms in total. The molecule has 33 heavy (non-hydrogen) atoms. The summed E-state index contributed by atoms with van der Waals surface area (Å²) in [5, 5.41) is 0. The molecule has 2 atom stereocenters. The van der Waals surface area contributed by atoms with Crippen molar-refractivity contribution in [1.29, 1.82) is 0 Å². The maximum absolute atomic E-state index is 11.7. The molecule has 0 N–H and O–H groups in total. The first-order valence-corrected chi connectivity index (χ1v) is 12.8. The van der Waals surface area contributed by atoms with E-state index in [1.807, 2.05) is 32.0 Å². The van der Waals surface area contributed by atoms with Gasteiger partial charge >= 0.3 is 11.9 Å². The van der Waals surface area contributed by atoms with Crippen LogP contribution >= 0.6 is 0 Å². The second-order valence-electron chi connectivity index (χ2n) is 8.92. The first-order valence-electron chi connectivity index (χ1n) is 12.8. The van der Waals surface area contributed by atoms with Gasteiger partial charge in [0.05, 0.1) is 19.8 Å². The lowest BCUT2D eigenvalue weighted by Crippen LogP contribution is -2.22. The fraction of sp³-hybridized carbons (Fsp3) is 0.704. The molecule has 0 saturated carbocycles. The van der Waals surface area contributed by atoms with Crippen molar-refractivity contribution in [3.05, 3.63) is 35.9 Å². The van der Waals surface area contributed by atoms with Crippen molar-refractivity contribution in [2.24, 2.45) is 11.8 Å². The maximum atomic E-state index is 11.7. The summed E-state index contributed by atoms with van der Waals surface area (Å²) in [6.45, 7) is 9.29. The molecule has 2 unspecified atom stereocenters. The van der Waals surface area contributed by atoms with Crippen LogP contribution in [0.2, 0.25) is 0 Å². The van der Waals surface area contributed by atoms with Crippen LogP contribution in [-0.4, -0.2) is 56.3 Å². The molecule has 1 heterocycles. The zero-order valence-corrected chi connectivity index (χ0v) is 20.6. The number of esters is 2. The third-order valence-electron chi connectivity index (χ3n) is 6.30. The summed E-state index contributed by atoms with van der Waals surface area (Å²) in [4.78, 5) is 25.9. The highest BCUT2D eigenvalue weighted by molar-refractivity contribution is 5.69. The summed E-state index contributed by atoms with van der Waals surface area (Å²) in [5.74, 6) is 0.968. The standard InChI is InChI=1S/C27H43NO5/c1-3-32-26(29)16-10-14-24-20-28(21-25(24)15-11-17-27(30)33-4-2)18-8-9-19-31-22-23-12-6-5-7-13-23/h5-7,12-13,24-25H,3-4,8-11,14-22H2,1-2H3.